The van der Waals surface area contributed by atoms with Crippen LogP contribution in [-0.4, -0.2) is 48.7 Å². The Labute approximate surface area is 239 Å². The number of hydrogen-bond acceptors (Lipinski definition) is 8. The molecular formula is C26H29F3N4O6S2. The summed E-state index contributed by atoms with van der Waals surface area (Å²) in [7, 11) is -2.35. The van der Waals surface area contributed by atoms with Crippen molar-refractivity contribution in [2.45, 2.75) is 57.0 Å². The maximum atomic E-state index is 13.1. The second kappa shape index (κ2) is 13.3. The molecule has 0 spiro atoms. The monoisotopic (exact) mass is 614 g/mol. The van der Waals surface area contributed by atoms with E-state index in [1.54, 1.807) is 31.2 Å². The molecule has 10 nitrogen and oxygen atoms in total. The van der Waals surface area contributed by atoms with Crippen LogP contribution in [0.25, 0.3) is 10.4 Å². The van der Waals surface area contributed by atoms with Gasteiger partial charge in [0.25, 0.3) is 10.0 Å². The highest BCUT2D eigenvalue weighted by atomic mass is 32.2. The SMILES string of the molecule is COc1ccc(NS(=O)(=O)c2cc(-c3sc(NC(=O)C4CCCCC4)nc3C)ccc2C)cn1.O=C(O)C(F)(F)F. The Morgan fingerprint density at radius 1 is 1.10 bits per heavy atom. The van der Waals surface area contributed by atoms with Crippen LogP contribution in [0.15, 0.2) is 41.4 Å². The number of aryl methyl sites for hydroxylation is 2. The number of anilines is 2. The topological polar surface area (TPSA) is 148 Å². The summed E-state index contributed by atoms with van der Waals surface area (Å²) in [6.45, 7) is 3.61. The van der Waals surface area contributed by atoms with Gasteiger partial charge in [0, 0.05) is 12.0 Å². The lowest BCUT2D eigenvalue weighted by molar-refractivity contribution is -0.192. The first-order chi connectivity index (χ1) is 19.2. The summed E-state index contributed by atoms with van der Waals surface area (Å²) in [5.74, 6) is -2.30. The third kappa shape index (κ3) is 8.63. The molecule has 15 heteroatoms. The highest BCUT2D eigenvalue weighted by Gasteiger charge is 2.38. The minimum Gasteiger partial charge on any atom is -0.481 e. The van der Waals surface area contributed by atoms with Gasteiger partial charge in [-0.15, -0.1) is 0 Å². The van der Waals surface area contributed by atoms with E-state index in [0.717, 1.165) is 41.8 Å². The summed E-state index contributed by atoms with van der Waals surface area (Å²) >= 11 is 1.36. The van der Waals surface area contributed by atoms with E-state index < -0.39 is 22.2 Å². The van der Waals surface area contributed by atoms with E-state index in [4.69, 9.17) is 14.6 Å². The van der Waals surface area contributed by atoms with Crippen molar-refractivity contribution in [2.75, 3.05) is 17.1 Å². The van der Waals surface area contributed by atoms with Crippen molar-refractivity contribution in [2.24, 2.45) is 5.92 Å². The number of alkyl halides is 3. The lowest BCUT2D eigenvalue weighted by Gasteiger charge is -2.19. The number of benzene rings is 1. The Balaban J connectivity index is 0.000000587. The van der Waals surface area contributed by atoms with Crippen molar-refractivity contribution < 1.29 is 41.0 Å². The number of aliphatic carboxylic acids is 1. The van der Waals surface area contributed by atoms with Crippen LogP contribution in [0, 0.1) is 19.8 Å². The second-order valence-electron chi connectivity index (χ2n) is 9.24. The molecule has 0 unspecified atom stereocenters. The number of halogens is 3. The van der Waals surface area contributed by atoms with E-state index in [0.29, 0.717) is 22.3 Å². The number of methoxy groups -OCH3 is 1. The summed E-state index contributed by atoms with van der Waals surface area (Å²) in [6.07, 6.45) is 1.51. The van der Waals surface area contributed by atoms with Crippen LogP contribution >= 0.6 is 11.3 Å². The van der Waals surface area contributed by atoms with Crippen LogP contribution in [0.4, 0.5) is 24.0 Å². The molecule has 222 valence electrons. The molecule has 1 aliphatic rings. The van der Waals surface area contributed by atoms with Crippen LogP contribution in [0.2, 0.25) is 0 Å². The van der Waals surface area contributed by atoms with Gasteiger partial charge >= 0.3 is 12.1 Å². The fourth-order valence-electron chi connectivity index (χ4n) is 4.09. The molecule has 1 saturated carbocycles. The molecule has 3 aromatic rings. The smallest absolute Gasteiger partial charge is 0.481 e. The van der Waals surface area contributed by atoms with Gasteiger partial charge in [-0.25, -0.2) is 23.2 Å². The van der Waals surface area contributed by atoms with Gasteiger partial charge in [-0.3, -0.25) is 9.52 Å². The molecule has 2 heterocycles. The first-order valence-corrected chi connectivity index (χ1v) is 14.7. The number of hydrogen-bond donors (Lipinski definition) is 3. The fourth-order valence-corrected chi connectivity index (χ4v) is 6.37. The maximum Gasteiger partial charge on any atom is 0.490 e. The number of sulfonamides is 1. The van der Waals surface area contributed by atoms with E-state index >= 15 is 0 Å². The minimum absolute atomic E-state index is 0.0180. The van der Waals surface area contributed by atoms with Gasteiger partial charge < -0.3 is 15.2 Å². The zero-order valence-electron chi connectivity index (χ0n) is 22.4. The van der Waals surface area contributed by atoms with Crippen LogP contribution < -0.4 is 14.8 Å². The molecule has 41 heavy (non-hydrogen) atoms. The average molecular weight is 615 g/mol. The fraction of sp³-hybridized carbons (Fsp3) is 0.385. The Kier molecular flexibility index (Phi) is 10.3. The van der Waals surface area contributed by atoms with Crippen LogP contribution in [0.5, 0.6) is 5.88 Å². The lowest BCUT2D eigenvalue weighted by atomic mass is 9.89. The van der Waals surface area contributed by atoms with Gasteiger partial charge in [-0.2, -0.15) is 13.2 Å². The minimum atomic E-state index is -5.08. The number of carboxylic acids is 1. The number of carbonyl (C=O) groups excluding carboxylic acids is 1. The number of nitrogens with one attached hydrogen (secondary N) is 2. The number of carbonyl (C=O) groups is 2. The maximum absolute atomic E-state index is 13.1. The van der Waals surface area contributed by atoms with Gasteiger partial charge in [-0.05, 0) is 49.9 Å². The lowest BCUT2D eigenvalue weighted by Crippen LogP contribution is -2.24. The molecule has 0 saturated heterocycles. The summed E-state index contributed by atoms with van der Waals surface area (Å²) in [6, 6.07) is 8.47. The van der Waals surface area contributed by atoms with Crippen LogP contribution in [0.3, 0.4) is 0 Å². The van der Waals surface area contributed by atoms with Crippen molar-refractivity contribution in [3.63, 3.8) is 0 Å². The Bertz CT molecular complexity index is 1490. The molecule has 4 rings (SSSR count). The number of rotatable bonds is 7. The normalized spacial score (nSPS) is 14.0. The first kappa shape index (κ1) is 31.8. The van der Waals surface area contributed by atoms with E-state index in [1.807, 2.05) is 13.0 Å². The quantitative estimate of drug-likeness (QED) is 0.303. The molecule has 1 aromatic carbocycles. The number of ether oxygens (including phenoxy) is 1. The second-order valence-corrected chi connectivity index (χ2v) is 11.9. The Morgan fingerprint density at radius 3 is 2.32 bits per heavy atom. The third-order valence-corrected chi connectivity index (χ3v) is 8.83. The molecule has 1 fully saturated rings. The zero-order chi connectivity index (χ0) is 30.4. The summed E-state index contributed by atoms with van der Waals surface area (Å²) in [5, 5.41) is 10.6. The summed E-state index contributed by atoms with van der Waals surface area (Å²) < 4.78 is 65.6. The zero-order valence-corrected chi connectivity index (χ0v) is 24.0. The van der Waals surface area contributed by atoms with Crippen molar-refractivity contribution in [3.05, 3.63) is 47.8 Å². The predicted molar refractivity (Wildman–Crippen MR) is 148 cm³/mol. The predicted octanol–water partition coefficient (Wildman–Crippen LogP) is 5.78. The van der Waals surface area contributed by atoms with Gasteiger partial charge in [0.05, 0.1) is 34.5 Å². The van der Waals surface area contributed by atoms with E-state index in [9.17, 15) is 26.4 Å². The van der Waals surface area contributed by atoms with Crippen LogP contribution in [-0.2, 0) is 19.6 Å². The number of nitrogens with zero attached hydrogens (tertiary/aromatic N) is 2. The number of aromatic nitrogens is 2. The molecule has 0 bridgehead atoms. The summed E-state index contributed by atoms with van der Waals surface area (Å²) in [4.78, 5) is 31.1. The van der Waals surface area contributed by atoms with Gasteiger partial charge in [0.2, 0.25) is 11.8 Å². The van der Waals surface area contributed by atoms with Crippen molar-refractivity contribution in [1.29, 1.82) is 0 Å². The average Bonchev–Trinajstić information content (AvgIpc) is 3.29. The van der Waals surface area contributed by atoms with E-state index in [1.165, 1.54) is 31.1 Å². The number of carboxylic acid groups (broad SMARTS) is 1. The van der Waals surface area contributed by atoms with Gasteiger partial charge in [0.1, 0.15) is 0 Å². The third-order valence-electron chi connectivity index (χ3n) is 6.18. The molecule has 1 amide bonds. The molecule has 0 aliphatic heterocycles. The largest absolute Gasteiger partial charge is 0.490 e. The molecule has 1 aliphatic carbocycles. The molecule has 0 atom stereocenters. The van der Waals surface area contributed by atoms with E-state index in [-0.39, 0.29) is 16.7 Å². The van der Waals surface area contributed by atoms with Crippen molar-refractivity contribution in [3.8, 4) is 16.3 Å². The molecule has 3 N–H and O–H groups in total. The standard InChI is InChI=1S/C24H28N4O4S2.C2HF3O2/c1-15-9-10-18(13-20(15)34(30,31)28-19-11-12-21(32-3)25-14-19)22-16(2)26-24(33-22)27-23(29)17-7-5-4-6-8-17;3-2(4,5)1(6)7/h9-14,17,28H,4-8H2,1-3H3,(H,26,27,29);(H,6,7). The van der Waals surface area contributed by atoms with Crippen molar-refractivity contribution >= 4 is 44.1 Å². The van der Waals surface area contributed by atoms with Gasteiger partial charge in [0.15, 0.2) is 5.13 Å². The molecular weight excluding hydrogens is 585 g/mol. The summed E-state index contributed by atoms with van der Waals surface area (Å²) in [5.41, 5.74) is 2.42. The molecule has 0 radical (unpaired) electrons. The first-order valence-electron chi connectivity index (χ1n) is 12.4. The highest BCUT2D eigenvalue weighted by Crippen LogP contribution is 2.35. The van der Waals surface area contributed by atoms with Crippen LogP contribution in [0.1, 0.15) is 43.4 Å². The number of amides is 1. The number of thiazole rings is 1. The molecule has 2 aromatic heterocycles. The Morgan fingerprint density at radius 2 is 1.76 bits per heavy atom. The van der Waals surface area contributed by atoms with Crippen molar-refractivity contribution in [1.82, 2.24) is 9.97 Å². The van der Waals surface area contributed by atoms with Gasteiger partial charge in [-0.1, -0.05) is 42.7 Å². The Hall–Kier alpha value is -3.72. The highest BCUT2D eigenvalue weighted by molar-refractivity contribution is 7.92. The van der Waals surface area contributed by atoms with E-state index in [2.05, 4.69) is 20.0 Å². The number of pyridine rings is 1.